The highest BCUT2D eigenvalue weighted by Gasteiger charge is 2.29. The predicted octanol–water partition coefficient (Wildman–Crippen LogP) is 2.80. The molecule has 1 aliphatic heterocycles. The Labute approximate surface area is 179 Å². The molecular formula is C20H22ClF2N3O3S. The van der Waals surface area contributed by atoms with E-state index in [1.54, 1.807) is 12.1 Å². The second-order valence-corrected chi connectivity index (χ2v) is 9.47. The average molecular weight is 458 g/mol. The number of amides is 1. The van der Waals surface area contributed by atoms with E-state index in [4.69, 9.17) is 11.6 Å². The summed E-state index contributed by atoms with van der Waals surface area (Å²) in [5.41, 5.74) is 0.926. The number of carbonyl (C=O) groups excluding carboxylic acids is 1. The largest absolute Gasteiger partial charge is 0.348 e. The van der Waals surface area contributed by atoms with Gasteiger partial charge in [0, 0.05) is 31.2 Å². The summed E-state index contributed by atoms with van der Waals surface area (Å²) >= 11 is 5.87. The van der Waals surface area contributed by atoms with Crippen LogP contribution in [0.3, 0.4) is 0 Å². The van der Waals surface area contributed by atoms with Crippen molar-refractivity contribution in [1.82, 2.24) is 14.5 Å². The number of nitrogens with one attached hydrogen (secondary N) is 1. The van der Waals surface area contributed by atoms with Gasteiger partial charge >= 0.3 is 0 Å². The lowest BCUT2D eigenvalue weighted by atomic mass is 10.1. The Morgan fingerprint density at radius 2 is 1.70 bits per heavy atom. The molecule has 1 saturated heterocycles. The number of rotatable bonds is 6. The van der Waals surface area contributed by atoms with E-state index < -0.39 is 21.7 Å². The summed E-state index contributed by atoms with van der Waals surface area (Å²) in [4.78, 5) is 13.9. The van der Waals surface area contributed by atoms with Gasteiger partial charge in [-0.05, 0) is 42.8 Å². The van der Waals surface area contributed by atoms with E-state index in [-0.39, 0.29) is 36.5 Å². The lowest BCUT2D eigenvalue weighted by Gasteiger charge is -2.33. The summed E-state index contributed by atoms with van der Waals surface area (Å²) in [6.07, 6.45) is 0. The van der Waals surface area contributed by atoms with Crippen LogP contribution in [0.25, 0.3) is 0 Å². The van der Waals surface area contributed by atoms with E-state index in [0.717, 1.165) is 17.7 Å². The van der Waals surface area contributed by atoms with Crippen LogP contribution in [0.5, 0.6) is 0 Å². The van der Waals surface area contributed by atoms with Crippen LogP contribution in [0, 0.1) is 11.6 Å². The topological polar surface area (TPSA) is 69.7 Å². The predicted molar refractivity (Wildman–Crippen MR) is 110 cm³/mol. The molecule has 1 heterocycles. The molecule has 0 spiro atoms. The van der Waals surface area contributed by atoms with Crippen LogP contribution in [0.4, 0.5) is 8.78 Å². The van der Waals surface area contributed by atoms with E-state index in [2.05, 4.69) is 5.32 Å². The quantitative estimate of drug-likeness (QED) is 0.724. The van der Waals surface area contributed by atoms with Crippen LogP contribution < -0.4 is 5.32 Å². The highest BCUT2D eigenvalue weighted by molar-refractivity contribution is 7.89. The number of carbonyl (C=O) groups is 1. The molecule has 0 aromatic heterocycles. The Kier molecular flexibility index (Phi) is 7.07. The zero-order valence-electron chi connectivity index (χ0n) is 16.3. The third-order valence-electron chi connectivity index (χ3n) is 4.97. The Bertz CT molecular complexity index is 1010. The fourth-order valence-corrected chi connectivity index (χ4v) is 4.80. The lowest BCUT2D eigenvalue weighted by Crippen LogP contribution is -2.51. The first kappa shape index (κ1) is 22.6. The van der Waals surface area contributed by atoms with Crippen molar-refractivity contribution in [1.29, 1.82) is 0 Å². The second kappa shape index (κ2) is 9.38. The van der Waals surface area contributed by atoms with Crippen LogP contribution in [-0.2, 0) is 14.8 Å². The Hall–Kier alpha value is -2.07. The van der Waals surface area contributed by atoms with Crippen molar-refractivity contribution in [3.8, 4) is 0 Å². The molecule has 1 atom stereocenters. The molecule has 1 amide bonds. The molecule has 0 bridgehead atoms. The van der Waals surface area contributed by atoms with Gasteiger partial charge in [0.25, 0.3) is 0 Å². The summed E-state index contributed by atoms with van der Waals surface area (Å²) in [7, 11) is -3.92. The van der Waals surface area contributed by atoms with Crippen molar-refractivity contribution < 1.29 is 22.0 Å². The SMILES string of the molecule is C[C@H](NC(=O)CN1CCN(S(=O)(=O)c2ccc(F)c(F)c2)CC1)c1ccc(Cl)cc1. The van der Waals surface area contributed by atoms with Gasteiger partial charge in [-0.2, -0.15) is 4.31 Å². The average Bonchev–Trinajstić information content (AvgIpc) is 2.70. The number of hydrogen-bond donors (Lipinski definition) is 1. The minimum atomic E-state index is -3.92. The molecule has 1 N–H and O–H groups in total. The molecule has 0 saturated carbocycles. The molecule has 1 fully saturated rings. The zero-order chi connectivity index (χ0) is 21.9. The molecule has 30 heavy (non-hydrogen) atoms. The molecule has 162 valence electrons. The first-order chi connectivity index (χ1) is 14.2. The van der Waals surface area contributed by atoms with Crippen molar-refractivity contribution in [2.75, 3.05) is 32.7 Å². The maximum absolute atomic E-state index is 13.4. The maximum Gasteiger partial charge on any atom is 0.243 e. The van der Waals surface area contributed by atoms with Crippen molar-refractivity contribution in [3.05, 3.63) is 64.7 Å². The number of benzene rings is 2. The normalized spacial score (nSPS) is 16.9. The first-order valence-electron chi connectivity index (χ1n) is 9.39. The summed E-state index contributed by atoms with van der Waals surface area (Å²) in [5.74, 6) is -2.48. The van der Waals surface area contributed by atoms with Gasteiger partial charge in [-0.3, -0.25) is 9.69 Å². The van der Waals surface area contributed by atoms with Crippen LogP contribution in [0.1, 0.15) is 18.5 Å². The van der Waals surface area contributed by atoms with Gasteiger partial charge in [0.05, 0.1) is 17.5 Å². The van der Waals surface area contributed by atoms with Gasteiger partial charge in [-0.1, -0.05) is 23.7 Å². The van der Waals surface area contributed by atoms with Gasteiger partial charge in [-0.25, -0.2) is 17.2 Å². The van der Waals surface area contributed by atoms with Crippen molar-refractivity contribution in [2.24, 2.45) is 0 Å². The summed E-state index contributed by atoms with van der Waals surface area (Å²) in [6.45, 7) is 3.02. The summed E-state index contributed by atoms with van der Waals surface area (Å²) in [6, 6.07) is 9.53. The molecule has 6 nitrogen and oxygen atoms in total. The van der Waals surface area contributed by atoms with Gasteiger partial charge in [0.15, 0.2) is 11.6 Å². The Balaban J connectivity index is 1.53. The van der Waals surface area contributed by atoms with Crippen LogP contribution in [-0.4, -0.2) is 56.3 Å². The molecule has 3 rings (SSSR count). The Morgan fingerprint density at radius 1 is 1.07 bits per heavy atom. The van der Waals surface area contributed by atoms with Gasteiger partial charge in [0.2, 0.25) is 15.9 Å². The summed E-state index contributed by atoms with van der Waals surface area (Å²) < 4.78 is 53.0. The highest BCUT2D eigenvalue weighted by atomic mass is 35.5. The molecule has 2 aromatic carbocycles. The van der Waals surface area contributed by atoms with E-state index in [0.29, 0.717) is 24.2 Å². The van der Waals surface area contributed by atoms with E-state index in [1.807, 2.05) is 24.0 Å². The number of sulfonamides is 1. The minimum absolute atomic E-state index is 0.136. The number of piperazine rings is 1. The van der Waals surface area contributed by atoms with Gasteiger partial charge < -0.3 is 5.32 Å². The van der Waals surface area contributed by atoms with Gasteiger partial charge in [-0.15, -0.1) is 0 Å². The summed E-state index contributed by atoms with van der Waals surface area (Å²) in [5, 5.41) is 3.53. The molecule has 0 aliphatic carbocycles. The van der Waals surface area contributed by atoms with Crippen molar-refractivity contribution in [3.63, 3.8) is 0 Å². The maximum atomic E-state index is 13.4. The van der Waals surface area contributed by atoms with Crippen LogP contribution >= 0.6 is 11.6 Å². The molecule has 10 heteroatoms. The molecule has 1 aliphatic rings. The zero-order valence-corrected chi connectivity index (χ0v) is 17.9. The molecule has 2 aromatic rings. The molecular weight excluding hydrogens is 436 g/mol. The highest BCUT2D eigenvalue weighted by Crippen LogP contribution is 2.20. The fraction of sp³-hybridized carbons (Fsp3) is 0.350. The molecule has 0 radical (unpaired) electrons. The number of halogens is 3. The van der Waals surface area contributed by atoms with E-state index in [1.165, 1.54) is 4.31 Å². The lowest BCUT2D eigenvalue weighted by molar-refractivity contribution is -0.123. The smallest absolute Gasteiger partial charge is 0.243 e. The minimum Gasteiger partial charge on any atom is -0.348 e. The third kappa shape index (κ3) is 5.34. The third-order valence-corrected chi connectivity index (χ3v) is 7.12. The fourth-order valence-electron chi connectivity index (χ4n) is 3.24. The van der Waals surface area contributed by atoms with Crippen LogP contribution in [0.15, 0.2) is 47.4 Å². The standard InChI is InChI=1S/C20H22ClF2N3O3S/c1-14(15-2-4-16(21)5-3-15)24-20(27)13-25-8-10-26(11-9-25)30(28,29)17-6-7-18(22)19(23)12-17/h2-7,12,14H,8-11,13H2,1H3,(H,24,27)/t14-/m0/s1. The number of hydrogen-bond acceptors (Lipinski definition) is 4. The monoisotopic (exact) mass is 457 g/mol. The first-order valence-corrected chi connectivity index (χ1v) is 11.2. The number of nitrogens with zero attached hydrogens (tertiary/aromatic N) is 2. The Morgan fingerprint density at radius 3 is 2.30 bits per heavy atom. The van der Waals surface area contributed by atoms with Crippen molar-refractivity contribution in [2.45, 2.75) is 17.9 Å². The van der Waals surface area contributed by atoms with Crippen LogP contribution in [0.2, 0.25) is 5.02 Å². The van der Waals surface area contributed by atoms with E-state index in [9.17, 15) is 22.0 Å². The second-order valence-electron chi connectivity index (χ2n) is 7.10. The van der Waals surface area contributed by atoms with Gasteiger partial charge in [0.1, 0.15) is 0 Å². The van der Waals surface area contributed by atoms with Crippen molar-refractivity contribution >= 4 is 27.5 Å². The van der Waals surface area contributed by atoms with E-state index >= 15 is 0 Å². The molecule has 0 unspecified atom stereocenters.